The van der Waals surface area contributed by atoms with E-state index in [-0.39, 0.29) is 6.61 Å². The molecule has 0 saturated heterocycles. The van der Waals surface area contributed by atoms with Crippen LogP contribution in [0.3, 0.4) is 0 Å². The molecule has 3 aromatic rings. The molecule has 6 nitrogen and oxygen atoms in total. The third-order valence-electron chi connectivity index (χ3n) is 4.50. The van der Waals surface area contributed by atoms with E-state index in [2.05, 4.69) is 11.5 Å². The van der Waals surface area contributed by atoms with Gasteiger partial charge in [0.15, 0.2) is 0 Å². The zero-order chi connectivity index (χ0) is 19.6. The van der Waals surface area contributed by atoms with Gasteiger partial charge < -0.3 is 14.0 Å². The van der Waals surface area contributed by atoms with E-state index in [0.717, 1.165) is 45.5 Å². The van der Waals surface area contributed by atoms with Crippen molar-refractivity contribution in [1.29, 1.82) is 0 Å². The zero-order valence-electron chi connectivity index (χ0n) is 15.9. The Morgan fingerprint density at radius 3 is 2.19 bits per heavy atom. The summed E-state index contributed by atoms with van der Waals surface area (Å²) in [6, 6.07) is 13.7. The van der Waals surface area contributed by atoms with Gasteiger partial charge in [-0.05, 0) is 54.4 Å². The van der Waals surface area contributed by atoms with Crippen LogP contribution in [0.4, 0.5) is 0 Å². The van der Waals surface area contributed by atoms with Crippen LogP contribution < -0.4 is 9.47 Å². The summed E-state index contributed by atoms with van der Waals surface area (Å²) in [5.74, 6) is 1.52. The van der Waals surface area contributed by atoms with E-state index in [1.54, 1.807) is 14.2 Å². The molecule has 27 heavy (non-hydrogen) atoms. The maximum atomic E-state index is 11.4. The summed E-state index contributed by atoms with van der Waals surface area (Å²) in [5, 5.41) is 1.08. The number of methoxy groups -OCH3 is 2. The molecule has 0 aliphatic carbocycles. The summed E-state index contributed by atoms with van der Waals surface area (Å²) < 4.78 is 40.4. The van der Waals surface area contributed by atoms with Crippen molar-refractivity contribution >= 4 is 21.0 Å². The predicted molar refractivity (Wildman–Crippen MR) is 106 cm³/mol. The molecule has 0 atom stereocenters. The lowest BCUT2D eigenvalue weighted by Gasteiger charge is -2.12. The van der Waals surface area contributed by atoms with Gasteiger partial charge in [0.25, 0.3) is 10.1 Å². The number of hydrogen-bond acceptors (Lipinski definition) is 5. The van der Waals surface area contributed by atoms with Crippen molar-refractivity contribution in [2.24, 2.45) is 0 Å². The first kappa shape index (κ1) is 19.3. The van der Waals surface area contributed by atoms with Gasteiger partial charge in [-0.1, -0.05) is 0 Å². The summed E-state index contributed by atoms with van der Waals surface area (Å²) in [4.78, 5) is 0. The predicted octanol–water partition coefficient (Wildman–Crippen LogP) is 3.61. The minimum Gasteiger partial charge on any atom is -0.497 e. The third kappa shape index (κ3) is 4.09. The number of hydrogen-bond donors (Lipinski definition) is 0. The van der Waals surface area contributed by atoms with E-state index in [1.165, 1.54) is 0 Å². The third-order valence-corrected chi connectivity index (χ3v) is 5.10. The minimum atomic E-state index is -3.49. The Hall–Kier alpha value is -2.51. The molecular weight excluding hydrogens is 366 g/mol. The lowest BCUT2D eigenvalue weighted by molar-refractivity contribution is 0.306. The first-order chi connectivity index (χ1) is 12.8. The molecule has 0 bridgehead atoms. The van der Waals surface area contributed by atoms with Crippen LogP contribution in [0.5, 0.6) is 11.5 Å². The lowest BCUT2D eigenvalue weighted by atomic mass is 10.1. The molecule has 0 spiro atoms. The second kappa shape index (κ2) is 7.62. The molecular formula is C20H23NO5S. The molecule has 0 aliphatic rings. The average molecular weight is 389 g/mol. The number of ether oxygens (including phenoxy) is 2. The summed E-state index contributed by atoms with van der Waals surface area (Å²) in [6.07, 6.45) is 1.05. The Bertz CT molecular complexity index is 1050. The summed E-state index contributed by atoms with van der Waals surface area (Å²) in [5.41, 5.74) is 4.10. The average Bonchev–Trinajstić information content (AvgIpc) is 2.92. The first-order valence-electron chi connectivity index (χ1n) is 8.49. The second-order valence-electron chi connectivity index (χ2n) is 6.26. The Labute approximate surface area is 159 Å². The quantitative estimate of drug-likeness (QED) is 0.578. The van der Waals surface area contributed by atoms with Crippen molar-refractivity contribution < 1.29 is 22.1 Å². The maximum absolute atomic E-state index is 11.4. The number of nitrogens with zero attached hydrogens (tertiary/aromatic N) is 1. The minimum absolute atomic E-state index is 0.0580. The monoisotopic (exact) mass is 389 g/mol. The summed E-state index contributed by atoms with van der Waals surface area (Å²) in [7, 11) is -0.240. The van der Waals surface area contributed by atoms with Gasteiger partial charge >= 0.3 is 0 Å². The Kier molecular flexibility index (Phi) is 5.43. The lowest BCUT2D eigenvalue weighted by Crippen LogP contribution is -2.11. The number of aromatic nitrogens is 1. The fourth-order valence-corrected chi connectivity index (χ4v) is 3.64. The van der Waals surface area contributed by atoms with E-state index in [0.29, 0.717) is 6.54 Å². The van der Waals surface area contributed by atoms with E-state index < -0.39 is 10.1 Å². The molecule has 0 amide bonds. The largest absolute Gasteiger partial charge is 0.497 e. The smallest absolute Gasteiger partial charge is 0.264 e. The van der Waals surface area contributed by atoms with Crippen LogP contribution in [0.25, 0.3) is 22.2 Å². The molecule has 1 heterocycles. The molecule has 3 rings (SSSR count). The molecule has 144 valence electrons. The van der Waals surface area contributed by atoms with Gasteiger partial charge in [-0.2, -0.15) is 8.42 Å². The highest BCUT2D eigenvalue weighted by Gasteiger charge is 2.17. The van der Waals surface area contributed by atoms with Crippen molar-refractivity contribution in [3.8, 4) is 22.8 Å². The zero-order valence-corrected chi connectivity index (χ0v) is 16.7. The molecule has 7 heteroatoms. The van der Waals surface area contributed by atoms with Crippen molar-refractivity contribution in [3.05, 3.63) is 48.0 Å². The summed E-state index contributed by atoms with van der Waals surface area (Å²) in [6.45, 7) is 2.51. The molecule has 0 unspecified atom stereocenters. The molecule has 2 aromatic carbocycles. The molecule has 0 saturated carbocycles. The SMILES string of the molecule is COc1ccc(-c2c(C)c3ccc(OC)cc3n2CCOS(C)(=O)=O)cc1. The molecule has 1 aromatic heterocycles. The van der Waals surface area contributed by atoms with Crippen LogP contribution in [0, 0.1) is 6.92 Å². The standard InChI is InChI=1S/C20H23NO5S/c1-14-18-10-9-17(25-3)13-19(18)21(11-12-26-27(4,22)23)20(14)15-5-7-16(24-2)8-6-15/h5-10,13H,11-12H2,1-4H3. The number of fused-ring (bicyclic) bond motifs is 1. The van der Waals surface area contributed by atoms with E-state index >= 15 is 0 Å². The summed E-state index contributed by atoms with van der Waals surface area (Å²) >= 11 is 0. The second-order valence-corrected chi connectivity index (χ2v) is 7.91. The van der Waals surface area contributed by atoms with Crippen LogP contribution in [0.2, 0.25) is 0 Å². The highest BCUT2D eigenvalue weighted by molar-refractivity contribution is 7.85. The van der Waals surface area contributed by atoms with Gasteiger partial charge in [-0.25, -0.2) is 0 Å². The Morgan fingerprint density at radius 1 is 0.963 bits per heavy atom. The van der Waals surface area contributed by atoms with Gasteiger partial charge in [0.05, 0.1) is 38.3 Å². The molecule has 0 N–H and O–H groups in total. The van der Waals surface area contributed by atoms with E-state index in [9.17, 15) is 8.42 Å². The van der Waals surface area contributed by atoms with E-state index in [4.69, 9.17) is 13.7 Å². The van der Waals surface area contributed by atoms with Gasteiger partial charge in [-0.3, -0.25) is 4.18 Å². The van der Waals surface area contributed by atoms with Gasteiger partial charge in [0.1, 0.15) is 11.5 Å². The molecule has 0 aliphatic heterocycles. The van der Waals surface area contributed by atoms with Crippen LogP contribution >= 0.6 is 0 Å². The van der Waals surface area contributed by atoms with Crippen LogP contribution in [-0.4, -0.2) is 40.1 Å². The first-order valence-corrected chi connectivity index (χ1v) is 10.3. The number of benzene rings is 2. The van der Waals surface area contributed by atoms with Crippen molar-refractivity contribution in [2.75, 3.05) is 27.1 Å². The van der Waals surface area contributed by atoms with Gasteiger partial charge in [0, 0.05) is 18.0 Å². The maximum Gasteiger partial charge on any atom is 0.264 e. The highest BCUT2D eigenvalue weighted by Crippen LogP contribution is 2.35. The van der Waals surface area contributed by atoms with E-state index in [1.807, 2.05) is 42.5 Å². The van der Waals surface area contributed by atoms with Crippen molar-refractivity contribution in [1.82, 2.24) is 4.57 Å². The van der Waals surface area contributed by atoms with Crippen LogP contribution in [0.1, 0.15) is 5.56 Å². The van der Waals surface area contributed by atoms with Crippen LogP contribution in [-0.2, 0) is 20.8 Å². The topological polar surface area (TPSA) is 66.8 Å². The molecule has 0 radical (unpaired) electrons. The van der Waals surface area contributed by atoms with Gasteiger partial charge in [-0.15, -0.1) is 0 Å². The Morgan fingerprint density at radius 2 is 1.59 bits per heavy atom. The normalized spacial score (nSPS) is 11.7. The fourth-order valence-electron chi connectivity index (χ4n) is 3.26. The van der Waals surface area contributed by atoms with Crippen molar-refractivity contribution in [2.45, 2.75) is 13.5 Å². The van der Waals surface area contributed by atoms with Crippen LogP contribution in [0.15, 0.2) is 42.5 Å². The fraction of sp³-hybridized carbons (Fsp3) is 0.300. The van der Waals surface area contributed by atoms with Crippen molar-refractivity contribution in [3.63, 3.8) is 0 Å². The number of rotatable bonds is 7. The highest BCUT2D eigenvalue weighted by atomic mass is 32.2. The number of aryl methyl sites for hydroxylation is 1. The molecule has 0 fully saturated rings. The Balaban J connectivity index is 2.14. The van der Waals surface area contributed by atoms with Gasteiger partial charge in [0.2, 0.25) is 0 Å².